The van der Waals surface area contributed by atoms with Gasteiger partial charge >= 0.3 is 0 Å². The minimum atomic E-state index is 0.737. The summed E-state index contributed by atoms with van der Waals surface area (Å²) in [5.74, 6) is 0. The minimum Gasteiger partial charge on any atom is -0.316 e. The topological polar surface area (TPSA) is 12.0 Å². The standard InChI is InChI=1S/C10H12ClNS/c11-8-1-3-9(4-2-8)13-10-5-6-12-7-10/h1-4,10,12H,5-7H2/t10-/m0/s1. The van der Waals surface area contributed by atoms with Crippen molar-refractivity contribution in [3.05, 3.63) is 29.3 Å². The molecule has 70 valence electrons. The predicted molar refractivity (Wildman–Crippen MR) is 58.6 cm³/mol. The zero-order valence-electron chi connectivity index (χ0n) is 7.29. The van der Waals surface area contributed by atoms with Gasteiger partial charge < -0.3 is 5.32 Å². The Bertz CT molecular complexity index is 267. The van der Waals surface area contributed by atoms with E-state index < -0.39 is 0 Å². The summed E-state index contributed by atoms with van der Waals surface area (Å²) < 4.78 is 0. The van der Waals surface area contributed by atoms with Crippen LogP contribution in [0.15, 0.2) is 29.2 Å². The van der Waals surface area contributed by atoms with E-state index in [2.05, 4.69) is 17.4 Å². The predicted octanol–water partition coefficient (Wildman–Crippen LogP) is 2.79. The van der Waals surface area contributed by atoms with Gasteiger partial charge in [0.15, 0.2) is 0 Å². The average Bonchev–Trinajstić information content (AvgIpc) is 2.62. The molecule has 1 nitrogen and oxygen atoms in total. The van der Waals surface area contributed by atoms with E-state index in [0.717, 1.165) is 23.4 Å². The van der Waals surface area contributed by atoms with E-state index in [-0.39, 0.29) is 0 Å². The van der Waals surface area contributed by atoms with Gasteiger partial charge in [-0.1, -0.05) is 11.6 Å². The zero-order chi connectivity index (χ0) is 9.10. The van der Waals surface area contributed by atoms with E-state index in [1.807, 2.05) is 23.9 Å². The molecular weight excluding hydrogens is 202 g/mol. The van der Waals surface area contributed by atoms with E-state index in [0.29, 0.717) is 0 Å². The van der Waals surface area contributed by atoms with Crippen molar-refractivity contribution in [1.82, 2.24) is 5.32 Å². The first-order valence-electron chi connectivity index (χ1n) is 4.47. The highest BCUT2D eigenvalue weighted by atomic mass is 35.5. The maximum Gasteiger partial charge on any atom is 0.0406 e. The monoisotopic (exact) mass is 213 g/mol. The highest BCUT2D eigenvalue weighted by Crippen LogP contribution is 2.27. The average molecular weight is 214 g/mol. The van der Waals surface area contributed by atoms with Gasteiger partial charge in [-0.3, -0.25) is 0 Å². The second-order valence-corrected chi connectivity index (χ2v) is 5.00. The highest BCUT2D eigenvalue weighted by Gasteiger charge is 2.14. The van der Waals surface area contributed by atoms with Crippen molar-refractivity contribution in [2.45, 2.75) is 16.6 Å². The van der Waals surface area contributed by atoms with Gasteiger partial charge in [-0.15, -0.1) is 11.8 Å². The molecule has 0 bridgehead atoms. The van der Waals surface area contributed by atoms with Crippen molar-refractivity contribution in [2.75, 3.05) is 13.1 Å². The summed E-state index contributed by atoms with van der Waals surface area (Å²) in [6, 6.07) is 8.08. The van der Waals surface area contributed by atoms with E-state index in [1.54, 1.807) is 0 Å². The molecule has 1 fully saturated rings. The third-order valence-electron chi connectivity index (χ3n) is 2.13. The molecule has 0 aromatic heterocycles. The van der Waals surface area contributed by atoms with E-state index in [9.17, 15) is 0 Å². The first-order valence-corrected chi connectivity index (χ1v) is 5.73. The van der Waals surface area contributed by atoms with Crippen molar-refractivity contribution >= 4 is 23.4 Å². The molecule has 1 N–H and O–H groups in total. The van der Waals surface area contributed by atoms with Crippen LogP contribution < -0.4 is 5.32 Å². The fourth-order valence-electron chi connectivity index (χ4n) is 1.43. The summed E-state index contributed by atoms with van der Waals surface area (Å²) in [6.07, 6.45) is 1.27. The number of thioether (sulfide) groups is 1. The van der Waals surface area contributed by atoms with Crippen LogP contribution in [-0.4, -0.2) is 18.3 Å². The first kappa shape index (κ1) is 9.38. The molecule has 0 radical (unpaired) electrons. The molecule has 1 aromatic rings. The van der Waals surface area contributed by atoms with E-state index >= 15 is 0 Å². The van der Waals surface area contributed by atoms with Gasteiger partial charge in [0, 0.05) is 21.7 Å². The lowest BCUT2D eigenvalue weighted by atomic mass is 10.4. The van der Waals surface area contributed by atoms with E-state index in [1.165, 1.54) is 11.3 Å². The Morgan fingerprint density at radius 3 is 2.69 bits per heavy atom. The molecule has 3 heteroatoms. The summed E-state index contributed by atoms with van der Waals surface area (Å²) in [7, 11) is 0. The van der Waals surface area contributed by atoms with Crippen LogP contribution in [0.25, 0.3) is 0 Å². The van der Waals surface area contributed by atoms with Gasteiger partial charge in [0.2, 0.25) is 0 Å². The van der Waals surface area contributed by atoms with Crippen LogP contribution in [0, 0.1) is 0 Å². The second-order valence-electron chi connectivity index (χ2n) is 3.19. The van der Waals surface area contributed by atoms with Gasteiger partial charge in [-0.25, -0.2) is 0 Å². The van der Waals surface area contributed by atoms with Gasteiger partial charge in [-0.05, 0) is 37.2 Å². The molecule has 1 heterocycles. The Hall–Kier alpha value is -0.180. The Labute approximate surface area is 87.9 Å². The summed E-state index contributed by atoms with van der Waals surface area (Å²) in [4.78, 5) is 1.32. The molecule has 1 aromatic carbocycles. The summed E-state index contributed by atoms with van der Waals surface area (Å²) in [5, 5.41) is 4.91. The fraction of sp³-hybridized carbons (Fsp3) is 0.400. The minimum absolute atomic E-state index is 0.737. The Morgan fingerprint density at radius 2 is 2.08 bits per heavy atom. The fourth-order valence-corrected chi connectivity index (χ4v) is 2.68. The van der Waals surface area contributed by atoms with Crippen molar-refractivity contribution in [2.24, 2.45) is 0 Å². The largest absolute Gasteiger partial charge is 0.316 e. The molecular formula is C10H12ClNS. The van der Waals surface area contributed by atoms with Crippen LogP contribution in [0.1, 0.15) is 6.42 Å². The number of rotatable bonds is 2. The van der Waals surface area contributed by atoms with E-state index in [4.69, 9.17) is 11.6 Å². The molecule has 1 atom stereocenters. The molecule has 1 saturated heterocycles. The number of halogens is 1. The number of hydrogen-bond acceptors (Lipinski definition) is 2. The Kier molecular flexibility index (Phi) is 3.14. The summed E-state index contributed by atoms with van der Waals surface area (Å²) in [6.45, 7) is 2.29. The normalized spacial score (nSPS) is 22.1. The third-order valence-corrected chi connectivity index (χ3v) is 3.66. The zero-order valence-corrected chi connectivity index (χ0v) is 8.87. The maximum absolute atomic E-state index is 5.81. The molecule has 0 spiro atoms. The molecule has 0 saturated carbocycles. The van der Waals surface area contributed by atoms with Crippen LogP contribution in [0.4, 0.5) is 0 Å². The smallest absolute Gasteiger partial charge is 0.0406 e. The molecule has 13 heavy (non-hydrogen) atoms. The first-order chi connectivity index (χ1) is 6.34. The van der Waals surface area contributed by atoms with Crippen molar-refractivity contribution < 1.29 is 0 Å². The highest BCUT2D eigenvalue weighted by molar-refractivity contribution is 8.00. The lowest BCUT2D eigenvalue weighted by Gasteiger charge is -2.07. The summed E-state index contributed by atoms with van der Waals surface area (Å²) >= 11 is 7.75. The molecule has 0 aliphatic carbocycles. The molecule has 0 unspecified atom stereocenters. The summed E-state index contributed by atoms with van der Waals surface area (Å²) in [5.41, 5.74) is 0. The Balaban J connectivity index is 1.97. The molecule has 0 amide bonds. The van der Waals surface area contributed by atoms with Crippen molar-refractivity contribution in [3.8, 4) is 0 Å². The maximum atomic E-state index is 5.81. The Morgan fingerprint density at radius 1 is 1.31 bits per heavy atom. The van der Waals surface area contributed by atoms with Crippen molar-refractivity contribution in [3.63, 3.8) is 0 Å². The van der Waals surface area contributed by atoms with Crippen LogP contribution in [-0.2, 0) is 0 Å². The lowest BCUT2D eigenvalue weighted by molar-refractivity contribution is 0.858. The lowest BCUT2D eigenvalue weighted by Crippen LogP contribution is -2.09. The number of hydrogen-bond donors (Lipinski definition) is 1. The van der Waals surface area contributed by atoms with Crippen LogP contribution in [0.5, 0.6) is 0 Å². The SMILES string of the molecule is Clc1ccc(S[C@H]2CCNC2)cc1. The van der Waals surface area contributed by atoms with Gasteiger partial charge in [0.25, 0.3) is 0 Å². The van der Waals surface area contributed by atoms with Gasteiger partial charge in [-0.2, -0.15) is 0 Å². The van der Waals surface area contributed by atoms with Crippen LogP contribution >= 0.6 is 23.4 Å². The molecule has 1 aliphatic heterocycles. The second kappa shape index (κ2) is 4.36. The number of nitrogens with one attached hydrogen (secondary N) is 1. The third kappa shape index (κ3) is 2.63. The number of benzene rings is 1. The van der Waals surface area contributed by atoms with Crippen LogP contribution in [0.3, 0.4) is 0 Å². The molecule has 1 aliphatic rings. The quantitative estimate of drug-likeness (QED) is 0.811. The van der Waals surface area contributed by atoms with Crippen molar-refractivity contribution in [1.29, 1.82) is 0 Å². The van der Waals surface area contributed by atoms with Gasteiger partial charge in [0.1, 0.15) is 0 Å². The van der Waals surface area contributed by atoms with Gasteiger partial charge in [0.05, 0.1) is 0 Å². The molecule has 2 rings (SSSR count). The van der Waals surface area contributed by atoms with Crippen LogP contribution in [0.2, 0.25) is 5.02 Å².